The number of hydrogen-bond donors (Lipinski definition) is 0. The van der Waals surface area contributed by atoms with Gasteiger partial charge in [-0.2, -0.15) is 0 Å². The van der Waals surface area contributed by atoms with Crippen molar-refractivity contribution in [2.45, 2.75) is 159 Å². The fourth-order valence-electron chi connectivity index (χ4n) is 8.65. The van der Waals surface area contributed by atoms with Crippen LogP contribution >= 0.6 is 0 Å². The molecule has 0 bridgehead atoms. The van der Waals surface area contributed by atoms with Gasteiger partial charge in [-0.3, -0.25) is 0 Å². The van der Waals surface area contributed by atoms with E-state index in [-0.39, 0.29) is 0 Å². The summed E-state index contributed by atoms with van der Waals surface area (Å²) in [6.45, 7) is 2.43. The second kappa shape index (κ2) is 12.6. The summed E-state index contributed by atoms with van der Waals surface area (Å²) in [7, 11) is 0. The van der Waals surface area contributed by atoms with E-state index in [1.807, 2.05) is 0 Å². The van der Waals surface area contributed by atoms with Gasteiger partial charge in [0.1, 0.15) is 11.5 Å². The molecule has 38 heavy (non-hydrogen) atoms. The lowest BCUT2D eigenvalue weighted by molar-refractivity contribution is 0.422. The Balaban J connectivity index is 1.35. The monoisotopic (exact) mass is 512 g/mol. The molecule has 0 spiro atoms. The van der Waals surface area contributed by atoms with Crippen molar-refractivity contribution in [3.05, 3.63) is 58.1 Å². The molecule has 6 rings (SSSR count). The smallest absolute Gasteiger partial charge is 0.128 e. The molecule has 0 aromatic heterocycles. The van der Waals surface area contributed by atoms with Crippen molar-refractivity contribution in [1.29, 1.82) is 0 Å². The van der Waals surface area contributed by atoms with Crippen LogP contribution in [0.3, 0.4) is 0 Å². The fraction of sp³-hybridized carbons (Fsp3) is 0.676. The minimum atomic E-state index is 0.723. The van der Waals surface area contributed by atoms with Crippen molar-refractivity contribution in [3.63, 3.8) is 0 Å². The van der Waals surface area contributed by atoms with E-state index in [1.165, 1.54) is 128 Å². The molecule has 206 valence electrons. The van der Waals surface area contributed by atoms with Crippen LogP contribution in [0.15, 0.2) is 30.3 Å². The van der Waals surface area contributed by atoms with Gasteiger partial charge in [-0.05, 0) is 134 Å². The molecule has 0 atom stereocenters. The van der Waals surface area contributed by atoms with Crippen LogP contribution in [0.5, 0.6) is 11.5 Å². The molecule has 0 unspecified atom stereocenters. The first-order valence-electron chi connectivity index (χ1n) is 16.7. The minimum Gasteiger partial charge on any atom is -0.457 e. The summed E-state index contributed by atoms with van der Waals surface area (Å²) >= 11 is 0. The molecule has 0 radical (unpaired) electrons. The predicted octanol–water partition coefficient (Wildman–Crippen LogP) is 12.0. The first kappa shape index (κ1) is 26.5. The number of hydrogen-bond acceptors (Lipinski definition) is 1. The van der Waals surface area contributed by atoms with E-state index in [1.54, 1.807) is 27.8 Å². The lowest BCUT2D eigenvalue weighted by Crippen LogP contribution is -2.12. The zero-order valence-electron chi connectivity index (χ0n) is 24.2. The Hall–Kier alpha value is -1.76. The number of benzene rings is 2. The van der Waals surface area contributed by atoms with Crippen LogP contribution in [0, 0.1) is 6.92 Å². The molecule has 0 N–H and O–H groups in total. The van der Waals surface area contributed by atoms with Gasteiger partial charge in [-0.15, -0.1) is 0 Å². The molecular weight excluding hydrogens is 460 g/mol. The van der Waals surface area contributed by atoms with Crippen LogP contribution in [0.1, 0.15) is 180 Å². The first-order chi connectivity index (χ1) is 18.7. The molecule has 0 aliphatic heterocycles. The highest BCUT2D eigenvalue weighted by atomic mass is 16.5. The maximum Gasteiger partial charge on any atom is 0.128 e. The van der Waals surface area contributed by atoms with Gasteiger partial charge in [0.2, 0.25) is 0 Å². The van der Waals surface area contributed by atoms with Gasteiger partial charge in [0.25, 0.3) is 0 Å². The summed E-state index contributed by atoms with van der Waals surface area (Å²) < 4.78 is 6.96. The Kier molecular flexibility index (Phi) is 8.78. The maximum absolute atomic E-state index is 6.96. The Bertz CT molecular complexity index is 967. The summed E-state index contributed by atoms with van der Waals surface area (Å²) in [5.74, 6) is 5.13. The summed E-state index contributed by atoms with van der Waals surface area (Å²) in [4.78, 5) is 0. The highest BCUT2D eigenvalue weighted by molar-refractivity contribution is 5.48. The second-order valence-corrected chi connectivity index (χ2v) is 13.5. The molecule has 4 aliphatic rings. The zero-order chi connectivity index (χ0) is 25.7. The van der Waals surface area contributed by atoms with Crippen LogP contribution in [0.4, 0.5) is 0 Å². The van der Waals surface area contributed by atoms with Crippen molar-refractivity contribution in [1.82, 2.24) is 0 Å². The van der Waals surface area contributed by atoms with Gasteiger partial charge in [-0.1, -0.05) is 83.1 Å². The number of rotatable bonds is 6. The molecule has 4 aliphatic carbocycles. The average Bonchev–Trinajstić information content (AvgIpc) is 2.99. The zero-order valence-corrected chi connectivity index (χ0v) is 24.2. The quantitative estimate of drug-likeness (QED) is 0.374. The highest BCUT2D eigenvalue weighted by Crippen LogP contribution is 2.44. The van der Waals surface area contributed by atoms with Crippen LogP contribution in [0.25, 0.3) is 0 Å². The van der Waals surface area contributed by atoms with E-state index in [4.69, 9.17) is 4.74 Å². The van der Waals surface area contributed by atoms with E-state index in [9.17, 15) is 0 Å². The Labute approximate surface area is 233 Å². The molecule has 2 aromatic carbocycles. The molecule has 0 amide bonds. The summed E-state index contributed by atoms with van der Waals surface area (Å²) in [6, 6.07) is 12.4. The number of ether oxygens (including phenoxy) is 1. The van der Waals surface area contributed by atoms with Gasteiger partial charge < -0.3 is 4.74 Å². The molecule has 0 saturated heterocycles. The normalized spacial score (nSPS) is 23.0. The van der Waals surface area contributed by atoms with E-state index in [0.29, 0.717) is 0 Å². The van der Waals surface area contributed by atoms with Gasteiger partial charge in [0.15, 0.2) is 0 Å². The van der Waals surface area contributed by atoms with E-state index >= 15 is 0 Å². The van der Waals surface area contributed by atoms with Gasteiger partial charge >= 0.3 is 0 Å². The van der Waals surface area contributed by atoms with Crippen LogP contribution in [-0.2, 0) is 0 Å². The van der Waals surface area contributed by atoms with Gasteiger partial charge in [0, 0.05) is 0 Å². The topological polar surface area (TPSA) is 9.23 Å². The third kappa shape index (κ3) is 6.18. The van der Waals surface area contributed by atoms with Crippen LogP contribution in [-0.4, -0.2) is 0 Å². The SMILES string of the molecule is Cc1c(C2CCCCC2)cc(Oc2cc(C3CCCCC3)cc(C3CCCCC3)c2)cc1C1CCCCC1. The standard InChI is InChI=1S/C37H52O/c1-27-36(30-18-10-4-11-19-30)25-35(26-37(27)31-20-12-5-13-21-31)38-34-23-32(28-14-6-2-7-15-28)22-33(24-34)29-16-8-3-9-17-29/h22-26,28-31H,2-21H2,1H3. The Morgan fingerprint density at radius 3 is 1.16 bits per heavy atom. The van der Waals surface area contributed by atoms with Gasteiger partial charge in [-0.25, -0.2) is 0 Å². The molecule has 4 saturated carbocycles. The average molecular weight is 513 g/mol. The summed E-state index contributed by atoms with van der Waals surface area (Å²) in [5.41, 5.74) is 7.94. The molecule has 4 fully saturated rings. The third-order valence-corrected chi connectivity index (χ3v) is 10.9. The largest absolute Gasteiger partial charge is 0.457 e. The Morgan fingerprint density at radius 1 is 0.421 bits per heavy atom. The molecule has 0 heterocycles. The maximum atomic E-state index is 6.96. The highest BCUT2D eigenvalue weighted by Gasteiger charge is 2.25. The molecular formula is C37H52O. The van der Waals surface area contributed by atoms with E-state index < -0.39 is 0 Å². The second-order valence-electron chi connectivity index (χ2n) is 13.5. The summed E-state index contributed by atoms with van der Waals surface area (Å²) in [5, 5.41) is 0. The van der Waals surface area contributed by atoms with Crippen LogP contribution < -0.4 is 4.74 Å². The van der Waals surface area contributed by atoms with Crippen LogP contribution in [0.2, 0.25) is 0 Å². The van der Waals surface area contributed by atoms with Gasteiger partial charge in [0.05, 0.1) is 0 Å². The lowest BCUT2D eigenvalue weighted by atomic mass is 9.77. The van der Waals surface area contributed by atoms with E-state index in [0.717, 1.165) is 35.2 Å². The van der Waals surface area contributed by atoms with Crippen molar-refractivity contribution in [3.8, 4) is 11.5 Å². The van der Waals surface area contributed by atoms with Crippen molar-refractivity contribution in [2.24, 2.45) is 0 Å². The Morgan fingerprint density at radius 2 is 0.763 bits per heavy atom. The summed E-state index contributed by atoms with van der Waals surface area (Å²) in [6.07, 6.45) is 27.7. The lowest BCUT2D eigenvalue weighted by Gasteiger charge is -2.30. The van der Waals surface area contributed by atoms with Crippen molar-refractivity contribution >= 4 is 0 Å². The molecule has 2 aromatic rings. The van der Waals surface area contributed by atoms with E-state index in [2.05, 4.69) is 37.3 Å². The third-order valence-electron chi connectivity index (χ3n) is 10.9. The molecule has 1 heteroatoms. The fourth-order valence-corrected chi connectivity index (χ4v) is 8.65. The minimum absolute atomic E-state index is 0.723. The molecule has 1 nitrogen and oxygen atoms in total. The predicted molar refractivity (Wildman–Crippen MR) is 161 cm³/mol. The van der Waals surface area contributed by atoms with Crippen molar-refractivity contribution < 1.29 is 4.74 Å². The first-order valence-corrected chi connectivity index (χ1v) is 16.7. The van der Waals surface area contributed by atoms with Crippen molar-refractivity contribution in [2.75, 3.05) is 0 Å².